The van der Waals surface area contributed by atoms with Crippen LogP contribution in [0.15, 0.2) is 17.5 Å². The number of thiophene rings is 1. The van der Waals surface area contributed by atoms with Crippen molar-refractivity contribution in [3.63, 3.8) is 0 Å². The molecule has 94 valence electrons. The van der Waals surface area contributed by atoms with Gasteiger partial charge in [-0.05, 0) is 29.7 Å². The first kappa shape index (κ1) is 12.6. The zero-order chi connectivity index (χ0) is 12.4. The van der Waals surface area contributed by atoms with Crippen LogP contribution in [-0.2, 0) is 4.79 Å². The van der Waals surface area contributed by atoms with E-state index in [0.29, 0.717) is 11.8 Å². The number of nitrogens with two attached hydrogens (primary N) is 1. The fourth-order valence-electron chi connectivity index (χ4n) is 2.25. The molecule has 0 saturated carbocycles. The van der Waals surface area contributed by atoms with E-state index < -0.39 is 6.04 Å². The molecule has 0 bridgehead atoms. The maximum Gasteiger partial charge on any atom is 0.244 e. The first-order valence-corrected chi connectivity index (χ1v) is 7.05. The second-order valence-electron chi connectivity index (χ2n) is 5.02. The van der Waals surface area contributed by atoms with Crippen LogP contribution in [0.1, 0.15) is 31.2 Å². The maximum atomic E-state index is 12.3. The molecule has 4 heteroatoms. The van der Waals surface area contributed by atoms with Crippen molar-refractivity contribution in [2.45, 2.75) is 26.3 Å². The van der Waals surface area contributed by atoms with Gasteiger partial charge in [-0.2, -0.15) is 0 Å². The predicted molar refractivity (Wildman–Crippen MR) is 70.8 cm³/mol. The minimum Gasteiger partial charge on any atom is -0.341 e. The Balaban J connectivity index is 2.01. The number of hydrogen-bond donors (Lipinski definition) is 1. The van der Waals surface area contributed by atoms with Crippen molar-refractivity contribution in [1.82, 2.24) is 4.90 Å². The molecule has 1 saturated heterocycles. The normalized spacial score (nSPS) is 26.9. The summed E-state index contributed by atoms with van der Waals surface area (Å²) in [7, 11) is 0. The smallest absolute Gasteiger partial charge is 0.244 e. The molecule has 17 heavy (non-hydrogen) atoms. The van der Waals surface area contributed by atoms with Crippen LogP contribution >= 0.6 is 11.3 Å². The zero-order valence-electron chi connectivity index (χ0n) is 10.4. The Morgan fingerprint density at radius 2 is 2.29 bits per heavy atom. The number of piperidine rings is 1. The number of hydrogen-bond acceptors (Lipinski definition) is 3. The third-order valence-corrected chi connectivity index (χ3v) is 4.72. The molecule has 2 heterocycles. The van der Waals surface area contributed by atoms with Crippen LogP contribution in [0.3, 0.4) is 0 Å². The summed E-state index contributed by atoms with van der Waals surface area (Å²) in [4.78, 5) is 15.1. The molecule has 0 aromatic carbocycles. The standard InChI is InChI=1S/C13H20N2OS/c1-9-5-6-15(8-10(9)2)13(16)12(14)11-4-3-7-17-11/h3-4,7,9-10,12H,5-6,8,14H2,1-2H3. The van der Waals surface area contributed by atoms with E-state index in [0.717, 1.165) is 24.4 Å². The fraction of sp³-hybridized carbons (Fsp3) is 0.615. The fourth-order valence-corrected chi connectivity index (χ4v) is 2.97. The van der Waals surface area contributed by atoms with Crippen molar-refractivity contribution in [3.8, 4) is 0 Å². The van der Waals surface area contributed by atoms with Gasteiger partial charge in [-0.25, -0.2) is 0 Å². The van der Waals surface area contributed by atoms with Gasteiger partial charge in [0.2, 0.25) is 5.91 Å². The summed E-state index contributed by atoms with van der Waals surface area (Å²) < 4.78 is 0. The van der Waals surface area contributed by atoms with Gasteiger partial charge in [0.1, 0.15) is 6.04 Å². The van der Waals surface area contributed by atoms with Crippen LogP contribution in [0, 0.1) is 11.8 Å². The third-order valence-electron chi connectivity index (χ3n) is 3.76. The lowest BCUT2D eigenvalue weighted by molar-refractivity contribution is -0.135. The van der Waals surface area contributed by atoms with Gasteiger partial charge >= 0.3 is 0 Å². The highest BCUT2D eigenvalue weighted by Crippen LogP contribution is 2.25. The summed E-state index contributed by atoms with van der Waals surface area (Å²) in [6.07, 6.45) is 1.09. The van der Waals surface area contributed by atoms with Gasteiger partial charge in [0.25, 0.3) is 0 Å². The number of carbonyl (C=O) groups excluding carboxylic acids is 1. The Bertz CT molecular complexity index is 377. The molecule has 3 atom stereocenters. The van der Waals surface area contributed by atoms with Gasteiger partial charge in [-0.1, -0.05) is 19.9 Å². The average Bonchev–Trinajstić information content (AvgIpc) is 2.84. The molecule has 1 amide bonds. The Hall–Kier alpha value is -0.870. The Kier molecular flexibility index (Phi) is 3.84. The molecule has 0 aliphatic carbocycles. The van der Waals surface area contributed by atoms with E-state index in [1.54, 1.807) is 11.3 Å². The van der Waals surface area contributed by atoms with Gasteiger partial charge in [0.05, 0.1) is 0 Å². The van der Waals surface area contributed by atoms with Crippen LogP contribution in [0.25, 0.3) is 0 Å². The average molecular weight is 252 g/mol. The van der Waals surface area contributed by atoms with E-state index in [-0.39, 0.29) is 5.91 Å². The van der Waals surface area contributed by atoms with Gasteiger partial charge in [0, 0.05) is 18.0 Å². The lowest BCUT2D eigenvalue weighted by Gasteiger charge is -2.36. The molecule has 3 unspecified atom stereocenters. The first-order valence-electron chi connectivity index (χ1n) is 6.17. The Morgan fingerprint density at radius 3 is 2.88 bits per heavy atom. The molecular formula is C13H20N2OS. The van der Waals surface area contributed by atoms with E-state index in [9.17, 15) is 4.79 Å². The highest BCUT2D eigenvalue weighted by molar-refractivity contribution is 7.10. The van der Waals surface area contributed by atoms with Crippen LogP contribution in [0.5, 0.6) is 0 Å². The second kappa shape index (κ2) is 5.19. The molecule has 0 radical (unpaired) electrons. The summed E-state index contributed by atoms with van der Waals surface area (Å²) in [5, 5.41) is 1.96. The van der Waals surface area contributed by atoms with Crippen LogP contribution in [0.4, 0.5) is 0 Å². The van der Waals surface area contributed by atoms with Gasteiger partial charge < -0.3 is 10.6 Å². The summed E-state index contributed by atoms with van der Waals surface area (Å²) in [5.41, 5.74) is 6.01. The van der Waals surface area contributed by atoms with Crippen LogP contribution in [0.2, 0.25) is 0 Å². The number of carbonyl (C=O) groups is 1. The lowest BCUT2D eigenvalue weighted by Crippen LogP contribution is -2.45. The van der Waals surface area contributed by atoms with Gasteiger partial charge in [0.15, 0.2) is 0 Å². The van der Waals surface area contributed by atoms with Crippen LogP contribution in [-0.4, -0.2) is 23.9 Å². The third kappa shape index (κ3) is 2.69. The summed E-state index contributed by atoms with van der Waals surface area (Å²) in [5.74, 6) is 1.35. The molecule has 1 aliphatic rings. The first-order chi connectivity index (χ1) is 8.09. The van der Waals surface area contributed by atoms with E-state index >= 15 is 0 Å². The van der Waals surface area contributed by atoms with E-state index in [1.807, 2.05) is 22.4 Å². The van der Waals surface area contributed by atoms with Crippen LogP contribution < -0.4 is 5.73 Å². The minimum absolute atomic E-state index is 0.0752. The van der Waals surface area contributed by atoms with Crippen molar-refractivity contribution >= 4 is 17.2 Å². The van der Waals surface area contributed by atoms with Crippen molar-refractivity contribution < 1.29 is 4.79 Å². The lowest BCUT2D eigenvalue weighted by atomic mass is 9.88. The van der Waals surface area contributed by atoms with E-state index in [1.165, 1.54) is 0 Å². The zero-order valence-corrected chi connectivity index (χ0v) is 11.2. The summed E-state index contributed by atoms with van der Waals surface area (Å²) >= 11 is 1.55. The number of nitrogens with zero attached hydrogens (tertiary/aromatic N) is 1. The summed E-state index contributed by atoms with van der Waals surface area (Å²) in [6, 6.07) is 3.40. The van der Waals surface area contributed by atoms with E-state index in [4.69, 9.17) is 5.73 Å². The Morgan fingerprint density at radius 1 is 1.53 bits per heavy atom. The SMILES string of the molecule is CC1CCN(C(=O)C(N)c2cccs2)CC1C. The largest absolute Gasteiger partial charge is 0.341 e. The molecule has 1 fully saturated rings. The molecular weight excluding hydrogens is 232 g/mol. The van der Waals surface area contributed by atoms with Gasteiger partial charge in [-0.15, -0.1) is 11.3 Å². The topological polar surface area (TPSA) is 46.3 Å². The highest BCUT2D eigenvalue weighted by atomic mass is 32.1. The van der Waals surface area contributed by atoms with Crippen molar-refractivity contribution in [3.05, 3.63) is 22.4 Å². The monoisotopic (exact) mass is 252 g/mol. The molecule has 3 nitrogen and oxygen atoms in total. The highest BCUT2D eigenvalue weighted by Gasteiger charge is 2.29. The molecule has 1 aromatic heterocycles. The van der Waals surface area contributed by atoms with E-state index in [2.05, 4.69) is 13.8 Å². The maximum absolute atomic E-state index is 12.3. The Labute approximate surface area is 107 Å². The van der Waals surface area contributed by atoms with Crippen molar-refractivity contribution in [2.24, 2.45) is 17.6 Å². The second-order valence-corrected chi connectivity index (χ2v) is 6.00. The van der Waals surface area contributed by atoms with Gasteiger partial charge in [-0.3, -0.25) is 4.79 Å². The quantitative estimate of drug-likeness (QED) is 0.877. The molecule has 0 spiro atoms. The summed E-state index contributed by atoms with van der Waals surface area (Å²) in [6.45, 7) is 6.16. The molecule has 1 aromatic rings. The molecule has 2 rings (SSSR count). The van der Waals surface area contributed by atoms with Crippen molar-refractivity contribution in [2.75, 3.05) is 13.1 Å². The number of amides is 1. The minimum atomic E-state index is -0.476. The number of rotatable bonds is 2. The molecule has 2 N–H and O–H groups in total. The molecule has 1 aliphatic heterocycles. The predicted octanol–water partition coefficient (Wildman–Crippen LogP) is 2.25. The number of likely N-dealkylation sites (tertiary alicyclic amines) is 1. The van der Waals surface area contributed by atoms with Crippen molar-refractivity contribution in [1.29, 1.82) is 0 Å².